The lowest BCUT2D eigenvalue weighted by atomic mass is 10.1. The molecule has 4 aromatic rings. The number of aromatic nitrogens is 4. The third kappa shape index (κ3) is 4.22. The van der Waals surface area contributed by atoms with Gasteiger partial charge in [-0.25, -0.2) is 4.39 Å². The van der Waals surface area contributed by atoms with Gasteiger partial charge in [0.15, 0.2) is 10.8 Å². The molecule has 0 bridgehead atoms. The fourth-order valence-electron chi connectivity index (χ4n) is 3.30. The molecule has 0 aliphatic rings. The first-order valence-corrected chi connectivity index (χ1v) is 9.87. The van der Waals surface area contributed by atoms with Gasteiger partial charge in [-0.2, -0.15) is 4.52 Å². The topological polar surface area (TPSA) is 67.6 Å². The van der Waals surface area contributed by atoms with Crippen molar-refractivity contribution in [1.82, 2.24) is 24.9 Å². The molecular weight excluding hydrogens is 403 g/mol. The number of aryl methyl sites for hydroxylation is 1. The number of fused-ring (bicyclic) bond motifs is 3. The average molecular weight is 425 g/mol. The third-order valence-corrected chi connectivity index (χ3v) is 5.17. The normalized spacial score (nSPS) is 11.2. The van der Waals surface area contributed by atoms with E-state index in [1.807, 2.05) is 17.0 Å². The van der Waals surface area contributed by atoms with Gasteiger partial charge in [-0.3, -0.25) is 0 Å². The molecule has 0 unspecified atom stereocenters. The molecule has 1 N–H and O–H groups in total. The number of rotatable bonds is 6. The molecule has 0 spiro atoms. The van der Waals surface area contributed by atoms with E-state index in [0.717, 1.165) is 22.0 Å². The van der Waals surface area contributed by atoms with Crippen molar-refractivity contribution in [2.24, 2.45) is 0 Å². The standard InChI is InChI=1S/C21H21FN6OS/c1-14-3-8-19-15(11-14)12-16(20-24-25-26-28(19)20)13-27(9-10-29-2)21(30)23-18-6-4-17(22)5-7-18/h3-8,11-12H,9-10,13H2,1-2H3,(H,23,30). The highest BCUT2D eigenvalue weighted by Crippen LogP contribution is 2.22. The largest absolute Gasteiger partial charge is 0.383 e. The van der Waals surface area contributed by atoms with Crippen LogP contribution in [0.3, 0.4) is 0 Å². The van der Waals surface area contributed by atoms with Crippen LogP contribution in [0.4, 0.5) is 10.1 Å². The predicted octanol–water partition coefficient (Wildman–Crippen LogP) is 3.57. The highest BCUT2D eigenvalue weighted by Gasteiger charge is 2.16. The number of anilines is 1. The van der Waals surface area contributed by atoms with E-state index < -0.39 is 0 Å². The van der Waals surface area contributed by atoms with Crippen molar-refractivity contribution in [2.75, 3.05) is 25.6 Å². The van der Waals surface area contributed by atoms with Crippen LogP contribution in [0.15, 0.2) is 48.5 Å². The minimum Gasteiger partial charge on any atom is -0.383 e. The summed E-state index contributed by atoms with van der Waals surface area (Å²) in [7, 11) is 1.65. The highest BCUT2D eigenvalue weighted by molar-refractivity contribution is 7.80. The number of pyridine rings is 1. The monoisotopic (exact) mass is 424 g/mol. The number of halogens is 1. The zero-order chi connectivity index (χ0) is 21.1. The molecule has 0 aliphatic carbocycles. The van der Waals surface area contributed by atoms with E-state index >= 15 is 0 Å². The molecule has 2 heterocycles. The molecule has 0 saturated carbocycles. The summed E-state index contributed by atoms with van der Waals surface area (Å²) in [5.74, 6) is -0.295. The number of methoxy groups -OCH3 is 1. The molecule has 2 aromatic carbocycles. The van der Waals surface area contributed by atoms with Crippen LogP contribution >= 0.6 is 12.2 Å². The van der Waals surface area contributed by atoms with Crippen molar-refractivity contribution >= 4 is 39.6 Å². The molecule has 4 rings (SSSR count). The van der Waals surface area contributed by atoms with Crippen LogP contribution < -0.4 is 5.32 Å². The van der Waals surface area contributed by atoms with E-state index in [2.05, 4.69) is 39.9 Å². The van der Waals surface area contributed by atoms with Crippen molar-refractivity contribution in [3.8, 4) is 0 Å². The molecule has 154 valence electrons. The Morgan fingerprint density at radius 1 is 1.20 bits per heavy atom. The van der Waals surface area contributed by atoms with Crippen molar-refractivity contribution in [3.63, 3.8) is 0 Å². The molecule has 0 atom stereocenters. The number of nitrogens with one attached hydrogen (secondary N) is 1. The average Bonchev–Trinajstić information content (AvgIpc) is 3.22. The Kier molecular flexibility index (Phi) is 5.82. The van der Waals surface area contributed by atoms with Gasteiger partial charge in [-0.15, -0.1) is 5.10 Å². The van der Waals surface area contributed by atoms with E-state index in [1.54, 1.807) is 23.8 Å². The maximum atomic E-state index is 13.2. The summed E-state index contributed by atoms with van der Waals surface area (Å²) in [5, 5.41) is 17.0. The van der Waals surface area contributed by atoms with Crippen molar-refractivity contribution < 1.29 is 9.13 Å². The Balaban J connectivity index is 1.66. The number of tetrazole rings is 1. The number of hydrogen-bond donors (Lipinski definition) is 1. The van der Waals surface area contributed by atoms with Crippen molar-refractivity contribution in [2.45, 2.75) is 13.5 Å². The van der Waals surface area contributed by atoms with E-state index in [1.165, 1.54) is 12.1 Å². The number of thiocarbonyl (C=S) groups is 1. The minimum absolute atomic E-state index is 0.295. The highest BCUT2D eigenvalue weighted by atomic mass is 32.1. The van der Waals surface area contributed by atoms with Crippen LogP contribution in [0.25, 0.3) is 16.6 Å². The molecule has 30 heavy (non-hydrogen) atoms. The Morgan fingerprint density at radius 2 is 2.00 bits per heavy atom. The Labute approximate surface area is 178 Å². The van der Waals surface area contributed by atoms with Gasteiger partial charge in [-0.05, 0) is 72.0 Å². The Bertz CT molecular complexity index is 1190. The van der Waals surface area contributed by atoms with E-state index in [0.29, 0.717) is 36.1 Å². The summed E-state index contributed by atoms with van der Waals surface area (Å²) in [6.45, 7) is 3.61. The number of nitrogens with zero attached hydrogens (tertiary/aromatic N) is 5. The van der Waals surface area contributed by atoms with E-state index in [4.69, 9.17) is 17.0 Å². The lowest BCUT2D eigenvalue weighted by Crippen LogP contribution is -2.36. The first kappa shape index (κ1) is 20.1. The van der Waals surface area contributed by atoms with Gasteiger partial charge in [0.2, 0.25) is 0 Å². The molecule has 0 fully saturated rings. The molecule has 7 nitrogen and oxygen atoms in total. The molecular formula is C21H21FN6OS. The summed E-state index contributed by atoms with van der Waals surface area (Å²) in [4.78, 5) is 1.98. The second-order valence-corrected chi connectivity index (χ2v) is 7.38. The van der Waals surface area contributed by atoms with Crippen LogP contribution in [-0.4, -0.2) is 50.3 Å². The fraction of sp³-hybridized carbons (Fsp3) is 0.238. The molecule has 0 aliphatic heterocycles. The molecule has 0 saturated heterocycles. The van der Waals surface area contributed by atoms with Gasteiger partial charge in [0.05, 0.1) is 12.1 Å². The van der Waals surface area contributed by atoms with Crippen molar-refractivity contribution in [3.05, 3.63) is 65.5 Å². The van der Waals surface area contributed by atoms with Crippen LogP contribution in [0.5, 0.6) is 0 Å². The first-order chi connectivity index (χ1) is 14.5. The van der Waals surface area contributed by atoms with Crippen LogP contribution in [-0.2, 0) is 11.3 Å². The van der Waals surface area contributed by atoms with Crippen molar-refractivity contribution in [1.29, 1.82) is 0 Å². The maximum Gasteiger partial charge on any atom is 0.184 e. The molecule has 0 radical (unpaired) electrons. The first-order valence-electron chi connectivity index (χ1n) is 9.46. The van der Waals surface area contributed by atoms with Gasteiger partial charge in [0, 0.05) is 36.8 Å². The number of benzene rings is 2. The number of hydrogen-bond acceptors (Lipinski definition) is 5. The lowest BCUT2D eigenvalue weighted by molar-refractivity contribution is 0.175. The predicted molar refractivity (Wildman–Crippen MR) is 118 cm³/mol. The number of ether oxygens (including phenoxy) is 1. The van der Waals surface area contributed by atoms with Crippen LogP contribution in [0.1, 0.15) is 11.1 Å². The summed E-state index contributed by atoms with van der Waals surface area (Å²) in [5.41, 5.74) is 4.44. The maximum absolute atomic E-state index is 13.2. The van der Waals surface area contributed by atoms with Crippen LogP contribution in [0, 0.1) is 12.7 Å². The van der Waals surface area contributed by atoms with Gasteiger partial charge < -0.3 is 15.0 Å². The SMILES string of the molecule is COCCN(Cc1cc2cc(C)ccc2n2nnnc12)C(=S)Nc1ccc(F)cc1. The molecule has 0 amide bonds. The van der Waals surface area contributed by atoms with Crippen LogP contribution in [0.2, 0.25) is 0 Å². The smallest absolute Gasteiger partial charge is 0.184 e. The summed E-state index contributed by atoms with van der Waals surface area (Å²) < 4.78 is 20.2. The lowest BCUT2D eigenvalue weighted by Gasteiger charge is -2.26. The fourth-order valence-corrected chi connectivity index (χ4v) is 3.57. The zero-order valence-electron chi connectivity index (χ0n) is 16.7. The van der Waals surface area contributed by atoms with Gasteiger partial charge in [-0.1, -0.05) is 11.6 Å². The zero-order valence-corrected chi connectivity index (χ0v) is 17.5. The quantitative estimate of drug-likeness (QED) is 0.475. The molecule has 2 aromatic heterocycles. The Hall–Kier alpha value is -3.17. The summed E-state index contributed by atoms with van der Waals surface area (Å²) >= 11 is 5.63. The Morgan fingerprint density at radius 3 is 2.77 bits per heavy atom. The van der Waals surface area contributed by atoms with Gasteiger partial charge in [0.25, 0.3) is 0 Å². The van der Waals surface area contributed by atoms with E-state index in [9.17, 15) is 4.39 Å². The van der Waals surface area contributed by atoms with E-state index in [-0.39, 0.29) is 5.82 Å². The second-order valence-electron chi connectivity index (χ2n) is 7.00. The molecule has 9 heteroatoms. The minimum atomic E-state index is -0.295. The summed E-state index contributed by atoms with van der Waals surface area (Å²) in [6, 6.07) is 14.3. The summed E-state index contributed by atoms with van der Waals surface area (Å²) in [6.07, 6.45) is 0. The second kappa shape index (κ2) is 8.68. The third-order valence-electron chi connectivity index (χ3n) is 4.81. The van der Waals surface area contributed by atoms with Gasteiger partial charge >= 0.3 is 0 Å². The van der Waals surface area contributed by atoms with Gasteiger partial charge in [0.1, 0.15) is 5.82 Å².